The fourth-order valence-corrected chi connectivity index (χ4v) is 2.04. The molecule has 1 aromatic rings. The van der Waals surface area contributed by atoms with Crippen molar-refractivity contribution in [2.45, 2.75) is 11.8 Å². The first kappa shape index (κ1) is 15.2. The number of carbonyl (C=O) groups is 1. The maximum absolute atomic E-state index is 11.8. The zero-order valence-corrected chi connectivity index (χ0v) is 11.1. The van der Waals surface area contributed by atoms with E-state index in [4.69, 9.17) is 5.11 Å². The molecule has 0 radical (unpaired) electrons. The predicted octanol–water partition coefficient (Wildman–Crippen LogP) is 0.750. The third kappa shape index (κ3) is 4.38. The molecule has 0 bridgehead atoms. The number of ether oxygens (including phenoxy) is 1. The van der Waals surface area contributed by atoms with Crippen LogP contribution in [0, 0.1) is 6.92 Å². The van der Waals surface area contributed by atoms with Crippen molar-refractivity contribution in [3.63, 3.8) is 0 Å². The molecule has 0 spiro atoms. The Bertz CT molecular complexity index is 558. The average Bonchev–Trinajstić information content (AvgIpc) is 2.35. The average molecular weight is 286 g/mol. The summed E-state index contributed by atoms with van der Waals surface area (Å²) in [5, 5.41) is 8.47. The molecule has 0 aliphatic carbocycles. The van der Waals surface area contributed by atoms with Gasteiger partial charge in [0.2, 0.25) is 5.76 Å². The largest absolute Gasteiger partial charge is 0.457 e. The van der Waals surface area contributed by atoms with Crippen molar-refractivity contribution >= 4 is 16.1 Å². The molecule has 0 fully saturated rings. The molecule has 19 heavy (non-hydrogen) atoms. The number of rotatable bonds is 6. The van der Waals surface area contributed by atoms with Crippen LogP contribution in [0.3, 0.4) is 0 Å². The molecule has 0 heterocycles. The van der Waals surface area contributed by atoms with E-state index < -0.39 is 21.8 Å². The molecular formula is C12H14O6S. The first-order valence-electron chi connectivity index (χ1n) is 5.35. The first-order chi connectivity index (χ1) is 8.86. The number of hydrogen-bond acceptors (Lipinski definition) is 6. The zero-order chi connectivity index (χ0) is 14.5. The Kier molecular flexibility index (Phi) is 5.08. The number of aliphatic hydroxyl groups is 1. The van der Waals surface area contributed by atoms with Crippen LogP contribution < -0.4 is 0 Å². The smallest absolute Gasteiger partial charge is 0.374 e. The first-order valence-corrected chi connectivity index (χ1v) is 6.75. The van der Waals surface area contributed by atoms with Gasteiger partial charge in [-0.05, 0) is 25.6 Å². The minimum absolute atomic E-state index is 0.0887. The number of esters is 1. The van der Waals surface area contributed by atoms with E-state index in [1.807, 2.05) is 6.92 Å². The number of benzene rings is 1. The molecular weight excluding hydrogens is 272 g/mol. The molecule has 0 aliphatic rings. The molecule has 104 valence electrons. The van der Waals surface area contributed by atoms with Gasteiger partial charge >= 0.3 is 16.1 Å². The van der Waals surface area contributed by atoms with Crippen LogP contribution in [-0.4, -0.2) is 32.7 Å². The van der Waals surface area contributed by atoms with Crippen LogP contribution in [0.2, 0.25) is 0 Å². The van der Waals surface area contributed by atoms with E-state index in [1.165, 1.54) is 12.1 Å². The van der Waals surface area contributed by atoms with Crippen molar-refractivity contribution in [2.24, 2.45) is 0 Å². The maximum Gasteiger partial charge on any atom is 0.374 e. The monoisotopic (exact) mass is 286 g/mol. The standard InChI is InChI=1S/C12H14O6S/c1-9-3-5-11(6-4-9)19(15,16)18-10(2)12(14)17-8-7-13/h3-6,13H,2,7-8H2,1H3. The molecule has 1 N–H and O–H groups in total. The minimum Gasteiger partial charge on any atom is -0.457 e. The van der Waals surface area contributed by atoms with Crippen LogP contribution in [0.4, 0.5) is 0 Å². The van der Waals surface area contributed by atoms with Crippen LogP contribution >= 0.6 is 0 Å². The summed E-state index contributed by atoms with van der Waals surface area (Å²) in [5.74, 6) is -1.70. The van der Waals surface area contributed by atoms with Gasteiger partial charge in [0.1, 0.15) is 11.5 Å². The summed E-state index contributed by atoms with van der Waals surface area (Å²) < 4.78 is 32.6. The molecule has 0 amide bonds. The van der Waals surface area contributed by atoms with Gasteiger partial charge in [-0.25, -0.2) is 4.79 Å². The van der Waals surface area contributed by atoms with E-state index >= 15 is 0 Å². The minimum atomic E-state index is -4.11. The van der Waals surface area contributed by atoms with Gasteiger partial charge in [-0.15, -0.1) is 0 Å². The highest BCUT2D eigenvalue weighted by molar-refractivity contribution is 7.86. The molecule has 0 saturated heterocycles. The van der Waals surface area contributed by atoms with Crippen molar-refractivity contribution in [3.05, 3.63) is 42.2 Å². The fraction of sp³-hybridized carbons (Fsp3) is 0.250. The van der Waals surface area contributed by atoms with Gasteiger partial charge < -0.3 is 14.0 Å². The van der Waals surface area contributed by atoms with Crippen molar-refractivity contribution < 1.29 is 27.2 Å². The lowest BCUT2D eigenvalue weighted by atomic mass is 10.2. The Morgan fingerprint density at radius 3 is 2.42 bits per heavy atom. The van der Waals surface area contributed by atoms with Crippen molar-refractivity contribution in [2.75, 3.05) is 13.2 Å². The van der Waals surface area contributed by atoms with Crippen molar-refractivity contribution in [1.82, 2.24) is 0 Å². The number of aliphatic hydroxyl groups excluding tert-OH is 1. The maximum atomic E-state index is 11.8. The summed E-state index contributed by atoms with van der Waals surface area (Å²) in [6.45, 7) is 4.36. The van der Waals surface area contributed by atoms with Gasteiger partial charge in [0.25, 0.3) is 0 Å². The number of aryl methyl sites for hydroxylation is 1. The van der Waals surface area contributed by atoms with Crippen LogP contribution in [0.5, 0.6) is 0 Å². The van der Waals surface area contributed by atoms with Gasteiger partial charge in [0, 0.05) is 0 Å². The van der Waals surface area contributed by atoms with Crippen LogP contribution in [0.15, 0.2) is 41.5 Å². The van der Waals surface area contributed by atoms with E-state index in [0.29, 0.717) is 0 Å². The third-order valence-corrected chi connectivity index (χ3v) is 3.34. The molecule has 1 rings (SSSR count). The molecule has 6 nitrogen and oxygen atoms in total. The predicted molar refractivity (Wildman–Crippen MR) is 66.6 cm³/mol. The van der Waals surface area contributed by atoms with Gasteiger partial charge in [-0.3, -0.25) is 0 Å². The number of carbonyl (C=O) groups excluding carboxylic acids is 1. The zero-order valence-electron chi connectivity index (χ0n) is 10.3. The topological polar surface area (TPSA) is 89.9 Å². The highest BCUT2D eigenvalue weighted by Crippen LogP contribution is 2.16. The van der Waals surface area contributed by atoms with Gasteiger partial charge in [0.15, 0.2) is 0 Å². The van der Waals surface area contributed by atoms with Crippen molar-refractivity contribution in [1.29, 1.82) is 0 Å². The molecule has 0 atom stereocenters. The highest BCUT2D eigenvalue weighted by atomic mass is 32.2. The van der Waals surface area contributed by atoms with Gasteiger partial charge in [-0.2, -0.15) is 8.42 Å². The van der Waals surface area contributed by atoms with E-state index in [0.717, 1.165) is 5.56 Å². The summed E-state index contributed by atoms with van der Waals surface area (Å²) in [6.07, 6.45) is 0. The highest BCUT2D eigenvalue weighted by Gasteiger charge is 2.21. The molecule has 1 aromatic carbocycles. The summed E-state index contributed by atoms with van der Waals surface area (Å²) in [4.78, 5) is 11.2. The summed E-state index contributed by atoms with van der Waals surface area (Å²) in [6, 6.07) is 5.92. The van der Waals surface area contributed by atoms with E-state index in [-0.39, 0.29) is 18.1 Å². The van der Waals surface area contributed by atoms with Crippen LogP contribution in [-0.2, 0) is 23.8 Å². The molecule has 0 aliphatic heterocycles. The molecule has 0 unspecified atom stereocenters. The van der Waals surface area contributed by atoms with E-state index in [1.54, 1.807) is 12.1 Å². The Labute approximate surface area is 111 Å². The third-order valence-electron chi connectivity index (χ3n) is 2.07. The SMILES string of the molecule is C=C(OS(=O)(=O)c1ccc(C)cc1)C(=O)OCCO. The lowest BCUT2D eigenvalue weighted by molar-refractivity contribution is -0.142. The van der Waals surface area contributed by atoms with Crippen molar-refractivity contribution in [3.8, 4) is 0 Å². The molecule has 0 aromatic heterocycles. The second kappa shape index (κ2) is 6.35. The second-order valence-corrected chi connectivity index (χ2v) is 5.18. The summed E-state index contributed by atoms with van der Waals surface area (Å²) in [7, 11) is -4.11. The normalized spacial score (nSPS) is 10.8. The molecule has 0 saturated carbocycles. The van der Waals surface area contributed by atoms with E-state index in [9.17, 15) is 13.2 Å². The van der Waals surface area contributed by atoms with Crippen LogP contribution in [0.25, 0.3) is 0 Å². The quantitative estimate of drug-likeness (QED) is 0.359. The summed E-state index contributed by atoms with van der Waals surface area (Å²) >= 11 is 0. The van der Waals surface area contributed by atoms with E-state index in [2.05, 4.69) is 15.5 Å². The Morgan fingerprint density at radius 2 is 1.89 bits per heavy atom. The van der Waals surface area contributed by atoms with Crippen LogP contribution in [0.1, 0.15) is 5.56 Å². The Balaban J connectivity index is 2.77. The lowest BCUT2D eigenvalue weighted by Crippen LogP contribution is -2.16. The molecule has 7 heteroatoms. The lowest BCUT2D eigenvalue weighted by Gasteiger charge is -2.08. The van der Waals surface area contributed by atoms with Gasteiger partial charge in [0.05, 0.1) is 6.61 Å². The Hall–Kier alpha value is -1.86. The second-order valence-electron chi connectivity index (χ2n) is 3.63. The fourth-order valence-electron chi connectivity index (χ4n) is 1.14. The van der Waals surface area contributed by atoms with Gasteiger partial charge in [-0.1, -0.05) is 17.7 Å². The summed E-state index contributed by atoms with van der Waals surface area (Å²) in [5.41, 5.74) is 0.889. The Morgan fingerprint density at radius 1 is 1.32 bits per heavy atom. The number of hydrogen-bond donors (Lipinski definition) is 1.